The number of imidazole rings is 1. The quantitative estimate of drug-likeness (QED) is 0.137. The summed E-state index contributed by atoms with van der Waals surface area (Å²) in [5, 5.41) is 40.3. The van der Waals surface area contributed by atoms with Gasteiger partial charge in [-0.15, -0.1) is 0 Å². The van der Waals surface area contributed by atoms with Gasteiger partial charge in [0.05, 0.1) is 13.0 Å². The van der Waals surface area contributed by atoms with E-state index in [-0.39, 0.29) is 29.4 Å². The fourth-order valence-electron chi connectivity index (χ4n) is 4.95. The van der Waals surface area contributed by atoms with Crippen molar-refractivity contribution in [2.45, 2.75) is 121 Å². The molecule has 0 radical (unpaired) electrons. The lowest BCUT2D eigenvalue weighted by Gasteiger charge is -2.10. The van der Waals surface area contributed by atoms with E-state index in [2.05, 4.69) is 29.0 Å². The highest BCUT2D eigenvalue weighted by Gasteiger charge is 2.47. The van der Waals surface area contributed by atoms with Crippen LogP contribution in [0.3, 0.4) is 0 Å². The van der Waals surface area contributed by atoms with Crippen LogP contribution in [-0.2, 0) is 4.74 Å². The van der Waals surface area contributed by atoms with Gasteiger partial charge in [0.25, 0.3) is 23.4 Å². The zero-order chi connectivity index (χ0) is 27.3. The summed E-state index contributed by atoms with van der Waals surface area (Å²) in [7, 11) is 0. The standard InChI is InChI=1S/C28H44N4O6/c1-2-3-4-5-6-7-8-9-10-11-12-13-14-15-16-17-22(34)31-20-32(26-23(31)27(37)30-19-29-26)28-25(36)24(35)21(18-33)38-28/h9-10,19-21,24-25,28,33,35-36H,2-8,11-18H2,1H3/p+1/b10-9-/t21-,24-,25-,28-/m1/s1. The van der Waals surface area contributed by atoms with E-state index in [9.17, 15) is 25.2 Å². The van der Waals surface area contributed by atoms with Crippen LogP contribution in [0.4, 0.5) is 0 Å². The molecule has 1 aliphatic rings. The summed E-state index contributed by atoms with van der Waals surface area (Å²) in [6, 6.07) is 0. The topological polar surface area (TPSA) is 142 Å². The number of rotatable bonds is 17. The zero-order valence-corrected chi connectivity index (χ0v) is 22.6. The molecule has 3 heterocycles. The van der Waals surface area contributed by atoms with Gasteiger partial charge >= 0.3 is 5.91 Å². The number of aromatic hydroxyl groups is 1. The Hall–Kier alpha value is -2.40. The van der Waals surface area contributed by atoms with Gasteiger partial charge in [-0.05, 0) is 32.1 Å². The normalized spacial score (nSPS) is 21.7. The number of fused-ring (bicyclic) bond motifs is 1. The van der Waals surface area contributed by atoms with E-state index < -0.39 is 31.1 Å². The molecule has 212 valence electrons. The number of aromatic nitrogens is 4. The Morgan fingerprint density at radius 1 is 0.974 bits per heavy atom. The van der Waals surface area contributed by atoms with Gasteiger partial charge in [0.2, 0.25) is 6.23 Å². The minimum atomic E-state index is -1.34. The monoisotopic (exact) mass is 533 g/mol. The molecule has 1 aliphatic heterocycles. The molecular formula is C28H45N4O6+. The van der Waals surface area contributed by atoms with Gasteiger partial charge in [-0.2, -0.15) is 19.1 Å². The molecule has 0 unspecified atom stereocenters. The largest absolute Gasteiger partial charge is 0.490 e. The summed E-state index contributed by atoms with van der Waals surface area (Å²) in [5.41, 5.74) is 0.299. The Morgan fingerprint density at radius 2 is 1.61 bits per heavy atom. The van der Waals surface area contributed by atoms with E-state index in [1.165, 1.54) is 60.4 Å². The average Bonchev–Trinajstić information content (AvgIpc) is 3.44. The number of hydrogen-bond acceptors (Lipinski definition) is 8. The van der Waals surface area contributed by atoms with Crippen LogP contribution >= 0.6 is 0 Å². The SMILES string of the molecule is CCCCCCCC/C=C\CCCCCCCC(=O)[n+]1cn([C@@H]2O[C@H](CO)[C@@H](O)[C@H]2O)c2ncnc(O)c21. The minimum absolute atomic E-state index is 0.114. The number of nitrogens with zero attached hydrogens (tertiary/aromatic N) is 4. The minimum Gasteiger partial charge on any atom is -0.490 e. The maximum absolute atomic E-state index is 13.0. The molecule has 2 aromatic rings. The zero-order valence-electron chi connectivity index (χ0n) is 22.6. The predicted molar refractivity (Wildman–Crippen MR) is 142 cm³/mol. The van der Waals surface area contributed by atoms with Crippen molar-refractivity contribution in [3.63, 3.8) is 0 Å². The van der Waals surface area contributed by atoms with Crippen molar-refractivity contribution in [2.75, 3.05) is 6.61 Å². The molecule has 1 saturated heterocycles. The molecule has 0 aliphatic carbocycles. The van der Waals surface area contributed by atoms with Gasteiger partial charge in [-0.1, -0.05) is 70.4 Å². The van der Waals surface area contributed by atoms with Crippen molar-refractivity contribution >= 4 is 17.1 Å². The van der Waals surface area contributed by atoms with E-state index in [0.29, 0.717) is 6.42 Å². The molecule has 1 fully saturated rings. The Kier molecular flexibility index (Phi) is 12.6. The van der Waals surface area contributed by atoms with Crippen LogP contribution in [0.25, 0.3) is 11.2 Å². The van der Waals surface area contributed by atoms with Gasteiger partial charge in [-0.25, -0.2) is 4.79 Å². The second-order valence-electron chi connectivity index (χ2n) is 10.2. The van der Waals surface area contributed by atoms with E-state index >= 15 is 0 Å². The first-order valence-corrected chi connectivity index (χ1v) is 14.3. The number of unbranched alkanes of at least 4 members (excludes halogenated alkanes) is 11. The molecule has 0 bridgehead atoms. The second-order valence-corrected chi connectivity index (χ2v) is 10.2. The number of aliphatic hydroxyl groups excluding tert-OH is 3. The van der Waals surface area contributed by atoms with Gasteiger partial charge in [0.15, 0.2) is 0 Å². The molecule has 10 heteroatoms. The Morgan fingerprint density at radius 3 is 2.24 bits per heavy atom. The first-order chi connectivity index (χ1) is 18.5. The highest BCUT2D eigenvalue weighted by atomic mass is 16.6. The summed E-state index contributed by atoms with van der Waals surface area (Å²) < 4.78 is 8.25. The molecule has 0 spiro atoms. The predicted octanol–water partition coefficient (Wildman–Crippen LogP) is 3.71. The molecule has 4 N–H and O–H groups in total. The third-order valence-electron chi connectivity index (χ3n) is 7.22. The number of carbonyl (C=O) groups excluding carboxylic acids is 1. The van der Waals surface area contributed by atoms with Crippen LogP contribution < -0.4 is 4.57 Å². The molecule has 0 aromatic carbocycles. The fraction of sp³-hybridized carbons (Fsp3) is 0.714. The van der Waals surface area contributed by atoms with Crippen molar-refractivity contribution in [1.29, 1.82) is 0 Å². The number of carbonyl (C=O) groups is 1. The molecule has 4 atom stereocenters. The van der Waals surface area contributed by atoms with Crippen LogP contribution in [0.15, 0.2) is 24.8 Å². The van der Waals surface area contributed by atoms with Crippen LogP contribution in [0.2, 0.25) is 0 Å². The Bertz CT molecular complexity index is 1030. The van der Waals surface area contributed by atoms with Crippen LogP contribution in [0, 0.1) is 0 Å². The smallest absolute Gasteiger partial charge is 0.314 e. The summed E-state index contributed by atoms with van der Waals surface area (Å²) >= 11 is 0. The maximum atomic E-state index is 13.0. The van der Waals surface area contributed by atoms with Crippen LogP contribution in [0.1, 0.15) is 108 Å². The second kappa shape index (κ2) is 15.9. The van der Waals surface area contributed by atoms with E-state index in [1.54, 1.807) is 0 Å². The summed E-state index contributed by atoms with van der Waals surface area (Å²) in [4.78, 5) is 21.0. The molecule has 0 amide bonds. The Labute approximate surface area is 225 Å². The van der Waals surface area contributed by atoms with E-state index in [1.807, 2.05) is 0 Å². The molecular weight excluding hydrogens is 488 g/mol. The summed E-state index contributed by atoms with van der Waals surface area (Å²) in [6.45, 7) is 1.77. The third-order valence-corrected chi connectivity index (χ3v) is 7.22. The van der Waals surface area contributed by atoms with Gasteiger partial charge < -0.3 is 25.2 Å². The number of hydrogen-bond donors (Lipinski definition) is 4. The first kappa shape index (κ1) is 30.1. The van der Waals surface area contributed by atoms with Crippen LogP contribution in [-0.4, -0.2) is 65.8 Å². The van der Waals surface area contributed by atoms with Gasteiger partial charge in [0.1, 0.15) is 24.6 Å². The van der Waals surface area contributed by atoms with Crippen molar-refractivity contribution in [3.8, 4) is 5.88 Å². The molecule has 2 aromatic heterocycles. The van der Waals surface area contributed by atoms with E-state index in [4.69, 9.17) is 4.74 Å². The summed E-state index contributed by atoms with van der Waals surface area (Å²) in [5.74, 6) is -0.596. The Balaban J connectivity index is 1.42. The first-order valence-electron chi connectivity index (χ1n) is 14.3. The number of aliphatic hydroxyl groups is 3. The van der Waals surface area contributed by atoms with Crippen molar-refractivity contribution in [2.24, 2.45) is 0 Å². The molecule has 10 nitrogen and oxygen atoms in total. The lowest BCUT2D eigenvalue weighted by molar-refractivity contribution is -0.548. The lowest BCUT2D eigenvalue weighted by Crippen LogP contribution is -2.41. The van der Waals surface area contributed by atoms with Gasteiger partial charge in [-0.3, -0.25) is 0 Å². The molecule has 0 saturated carbocycles. The lowest BCUT2D eigenvalue weighted by atomic mass is 10.1. The van der Waals surface area contributed by atoms with Crippen LogP contribution in [0.5, 0.6) is 5.88 Å². The highest BCUT2D eigenvalue weighted by Crippen LogP contribution is 2.32. The number of allylic oxidation sites excluding steroid dienone is 2. The fourth-order valence-corrected chi connectivity index (χ4v) is 4.95. The third kappa shape index (κ3) is 8.05. The highest BCUT2D eigenvalue weighted by molar-refractivity contribution is 5.78. The van der Waals surface area contributed by atoms with Gasteiger partial charge in [0, 0.05) is 0 Å². The molecule has 38 heavy (non-hydrogen) atoms. The van der Waals surface area contributed by atoms with Crippen molar-refractivity contribution in [3.05, 3.63) is 24.8 Å². The maximum Gasteiger partial charge on any atom is 0.314 e. The summed E-state index contributed by atoms with van der Waals surface area (Å²) in [6.07, 6.45) is 18.0. The number of ether oxygens (including phenoxy) is 1. The van der Waals surface area contributed by atoms with Crippen molar-refractivity contribution < 1.29 is 34.5 Å². The van der Waals surface area contributed by atoms with E-state index in [0.717, 1.165) is 38.4 Å². The average molecular weight is 534 g/mol. The van der Waals surface area contributed by atoms with Crippen molar-refractivity contribution in [1.82, 2.24) is 14.5 Å². The molecule has 3 rings (SSSR count).